The standard InChI is InChI=1S/C15H15FN2O2S/c1-19-13-8-7-10(9-14(13)20-2)17-15(21)18-12-6-4-3-5-11(12)16/h3-9H,1-2H3,(H2,17,18,21). The fraction of sp³-hybridized carbons (Fsp3) is 0.133. The van der Waals surface area contributed by atoms with Gasteiger partial charge in [0.15, 0.2) is 16.6 Å². The maximum Gasteiger partial charge on any atom is 0.175 e. The van der Waals surface area contributed by atoms with Crippen LogP contribution >= 0.6 is 12.2 Å². The van der Waals surface area contributed by atoms with E-state index in [4.69, 9.17) is 21.7 Å². The van der Waals surface area contributed by atoms with Crippen molar-refractivity contribution < 1.29 is 13.9 Å². The van der Waals surface area contributed by atoms with Gasteiger partial charge in [0.2, 0.25) is 0 Å². The van der Waals surface area contributed by atoms with Crippen molar-refractivity contribution in [1.82, 2.24) is 0 Å². The number of anilines is 2. The quantitative estimate of drug-likeness (QED) is 0.844. The first-order chi connectivity index (χ1) is 10.1. The lowest BCUT2D eigenvalue weighted by Gasteiger charge is -2.13. The van der Waals surface area contributed by atoms with Gasteiger partial charge in [0.05, 0.1) is 19.9 Å². The topological polar surface area (TPSA) is 42.5 Å². The molecule has 0 amide bonds. The molecule has 0 unspecified atom stereocenters. The summed E-state index contributed by atoms with van der Waals surface area (Å²) < 4.78 is 23.9. The van der Waals surface area contributed by atoms with Crippen molar-refractivity contribution >= 4 is 28.7 Å². The van der Waals surface area contributed by atoms with Crippen LogP contribution in [0.25, 0.3) is 0 Å². The smallest absolute Gasteiger partial charge is 0.175 e. The molecule has 0 radical (unpaired) electrons. The van der Waals surface area contributed by atoms with Crippen LogP contribution in [0.3, 0.4) is 0 Å². The number of benzene rings is 2. The van der Waals surface area contributed by atoms with Crippen molar-refractivity contribution in [2.24, 2.45) is 0 Å². The van der Waals surface area contributed by atoms with Gasteiger partial charge >= 0.3 is 0 Å². The highest BCUT2D eigenvalue weighted by Crippen LogP contribution is 2.29. The van der Waals surface area contributed by atoms with Crippen LogP contribution in [-0.4, -0.2) is 19.3 Å². The summed E-state index contributed by atoms with van der Waals surface area (Å²) in [6.45, 7) is 0. The molecule has 110 valence electrons. The van der Waals surface area contributed by atoms with Crippen LogP contribution in [0.1, 0.15) is 0 Å². The molecule has 0 saturated heterocycles. The van der Waals surface area contributed by atoms with Crippen LogP contribution in [0.5, 0.6) is 11.5 Å². The third-order valence-corrected chi connectivity index (χ3v) is 2.97. The molecule has 0 bridgehead atoms. The van der Waals surface area contributed by atoms with E-state index in [0.29, 0.717) is 22.9 Å². The van der Waals surface area contributed by atoms with Gasteiger partial charge in [0.1, 0.15) is 5.82 Å². The Labute approximate surface area is 127 Å². The summed E-state index contributed by atoms with van der Waals surface area (Å²) in [5, 5.41) is 6.04. The van der Waals surface area contributed by atoms with E-state index in [1.807, 2.05) is 0 Å². The number of halogens is 1. The second-order valence-corrected chi connectivity index (χ2v) is 4.54. The molecule has 0 heterocycles. The number of thiocarbonyl (C=S) groups is 1. The molecule has 2 N–H and O–H groups in total. The van der Waals surface area contributed by atoms with Crippen LogP contribution in [0, 0.1) is 5.82 Å². The van der Waals surface area contributed by atoms with E-state index in [1.54, 1.807) is 50.6 Å². The molecule has 0 spiro atoms. The van der Waals surface area contributed by atoms with E-state index in [2.05, 4.69) is 10.6 Å². The number of rotatable bonds is 4. The fourth-order valence-corrected chi connectivity index (χ4v) is 1.99. The van der Waals surface area contributed by atoms with Gasteiger partial charge in [-0.1, -0.05) is 12.1 Å². The Hall–Kier alpha value is -2.34. The van der Waals surface area contributed by atoms with Gasteiger partial charge in [0, 0.05) is 11.8 Å². The van der Waals surface area contributed by atoms with Gasteiger partial charge in [-0.3, -0.25) is 0 Å². The van der Waals surface area contributed by atoms with Crippen LogP contribution in [-0.2, 0) is 0 Å². The minimum atomic E-state index is -0.367. The fourth-order valence-electron chi connectivity index (χ4n) is 1.76. The minimum Gasteiger partial charge on any atom is -0.493 e. The van der Waals surface area contributed by atoms with E-state index >= 15 is 0 Å². The third-order valence-electron chi connectivity index (χ3n) is 2.76. The molecule has 0 atom stereocenters. The summed E-state index contributed by atoms with van der Waals surface area (Å²) in [4.78, 5) is 0. The lowest BCUT2D eigenvalue weighted by molar-refractivity contribution is 0.355. The first kappa shape index (κ1) is 15.1. The molecule has 2 aromatic carbocycles. The van der Waals surface area contributed by atoms with Crippen LogP contribution in [0.2, 0.25) is 0 Å². The maximum atomic E-state index is 13.5. The summed E-state index contributed by atoms with van der Waals surface area (Å²) in [7, 11) is 3.12. The van der Waals surface area contributed by atoms with Crippen molar-refractivity contribution in [2.75, 3.05) is 24.9 Å². The lowest BCUT2D eigenvalue weighted by atomic mass is 10.2. The van der Waals surface area contributed by atoms with Gasteiger partial charge in [-0.15, -0.1) is 0 Å². The van der Waals surface area contributed by atoms with Crippen LogP contribution < -0.4 is 20.1 Å². The Bertz CT molecular complexity index is 649. The van der Waals surface area contributed by atoms with Crippen molar-refractivity contribution in [3.05, 3.63) is 48.3 Å². The van der Waals surface area contributed by atoms with Gasteiger partial charge in [0.25, 0.3) is 0 Å². The van der Waals surface area contributed by atoms with Gasteiger partial charge in [-0.25, -0.2) is 4.39 Å². The monoisotopic (exact) mass is 306 g/mol. The largest absolute Gasteiger partial charge is 0.493 e. The average Bonchev–Trinajstić information content (AvgIpc) is 2.49. The van der Waals surface area contributed by atoms with Crippen molar-refractivity contribution in [3.8, 4) is 11.5 Å². The molecular formula is C15H15FN2O2S. The Morgan fingerprint density at radius 2 is 1.71 bits per heavy atom. The third kappa shape index (κ3) is 3.82. The van der Waals surface area contributed by atoms with E-state index in [0.717, 1.165) is 0 Å². The molecule has 2 aromatic rings. The number of methoxy groups -OCH3 is 2. The summed E-state index contributed by atoms with van der Waals surface area (Å²) >= 11 is 5.16. The van der Waals surface area contributed by atoms with Crippen LogP contribution in [0.15, 0.2) is 42.5 Å². The van der Waals surface area contributed by atoms with Gasteiger partial charge in [-0.05, 0) is 36.5 Å². The average molecular weight is 306 g/mol. The second kappa shape index (κ2) is 6.90. The van der Waals surface area contributed by atoms with Gasteiger partial charge in [-0.2, -0.15) is 0 Å². The van der Waals surface area contributed by atoms with Crippen molar-refractivity contribution in [2.45, 2.75) is 0 Å². The van der Waals surface area contributed by atoms with E-state index in [1.165, 1.54) is 6.07 Å². The molecule has 0 aliphatic rings. The highest BCUT2D eigenvalue weighted by atomic mass is 32.1. The van der Waals surface area contributed by atoms with E-state index in [-0.39, 0.29) is 10.9 Å². The molecule has 21 heavy (non-hydrogen) atoms. The number of hydrogen-bond acceptors (Lipinski definition) is 3. The molecule has 0 aliphatic carbocycles. The number of nitrogens with one attached hydrogen (secondary N) is 2. The maximum absolute atomic E-state index is 13.5. The summed E-state index contributed by atoms with van der Waals surface area (Å²) in [5.41, 5.74) is 1.02. The minimum absolute atomic E-state index is 0.285. The molecule has 4 nitrogen and oxygen atoms in total. The Morgan fingerprint density at radius 3 is 2.38 bits per heavy atom. The van der Waals surface area contributed by atoms with Crippen molar-refractivity contribution in [1.29, 1.82) is 0 Å². The van der Waals surface area contributed by atoms with Crippen molar-refractivity contribution in [3.63, 3.8) is 0 Å². The molecule has 2 rings (SSSR count). The zero-order valence-corrected chi connectivity index (χ0v) is 12.5. The summed E-state index contributed by atoms with van der Waals surface area (Å²) in [5.74, 6) is 0.834. The molecular weight excluding hydrogens is 291 g/mol. The van der Waals surface area contributed by atoms with E-state index in [9.17, 15) is 4.39 Å². The SMILES string of the molecule is COc1ccc(NC(=S)Nc2ccccc2F)cc1OC. The zero-order chi connectivity index (χ0) is 15.2. The van der Waals surface area contributed by atoms with Crippen LogP contribution in [0.4, 0.5) is 15.8 Å². The number of ether oxygens (including phenoxy) is 2. The zero-order valence-electron chi connectivity index (χ0n) is 11.6. The number of para-hydroxylation sites is 1. The first-order valence-electron chi connectivity index (χ1n) is 6.18. The normalized spacial score (nSPS) is 9.86. The van der Waals surface area contributed by atoms with Gasteiger partial charge < -0.3 is 20.1 Å². The highest BCUT2D eigenvalue weighted by Gasteiger charge is 2.07. The first-order valence-corrected chi connectivity index (χ1v) is 6.59. The number of hydrogen-bond donors (Lipinski definition) is 2. The molecule has 0 aromatic heterocycles. The second-order valence-electron chi connectivity index (χ2n) is 4.13. The summed E-state index contributed by atoms with van der Waals surface area (Å²) in [6, 6.07) is 11.6. The predicted molar refractivity (Wildman–Crippen MR) is 85.8 cm³/mol. The Kier molecular flexibility index (Phi) is 4.94. The Morgan fingerprint density at radius 1 is 1.00 bits per heavy atom. The van der Waals surface area contributed by atoms with E-state index < -0.39 is 0 Å². The lowest BCUT2D eigenvalue weighted by Crippen LogP contribution is -2.19. The molecule has 0 saturated carbocycles. The highest BCUT2D eigenvalue weighted by molar-refractivity contribution is 7.80. The molecule has 6 heteroatoms. The Balaban J connectivity index is 2.08. The predicted octanol–water partition coefficient (Wildman–Crippen LogP) is 3.65. The molecule has 0 fully saturated rings. The summed E-state index contributed by atoms with van der Waals surface area (Å²) in [6.07, 6.45) is 0. The molecule has 0 aliphatic heterocycles.